The molecular weight excluding hydrogens is 248 g/mol. The standard InChI is InChI=1S/C13H14N2O2S/c1-18-11-4-2-3-10(9(11)7-14)15-12(13(16)17)8-5-6-8/h2-4,8,12,15H,5-6H2,1H3,(H,16,17). The van der Waals surface area contributed by atoms with Crippen molar-refractivity contribution in [2.75, 3.05) is 11.6 Å². The lowest BCUT2D eigenvalue weighted by molar-refractivity contribution is -0.138. The highest BCUT2D eigenvalue weighted by molar-refractivity contribution is 7.98. The lowest BCUT2D eigenvalue weighted by atomic mass is 10.1. The molecule has 4 nitrogen and oxygen atoms in total. The molecule has 2 rings (SSSR count). The molecule has 0 radical (unpaired) electrons. The Bertz CT molecular complexity index is 506. The Morgan fingerprint density at radius 3 is 2.83 bits per heavy atom. The summed E-state index contributed by atoms with van der Waals surface area (Å²) in [7, 11) is 0. The fourth-order valence-electron chi connectivity index (χ4n) is 1.92. The van der Waals surface area contributed by atoms with Gasteiger partial charge in [-0.1, -0.05) is 6.07 Å². The molecular formula is C13H14N2O2S. The quantitative estimate of drug-likeness (QED) is 0.798. The smallest absolute Gasteiger partial charge is 0.326 e. The van der Waals surface area contributed by atoms with Gasteiger partial charge in [0.2, 0.25) is 0 Å². The van der Waals surface area contributed by atoms with Crippen LogP contribution in [0, 0.1) is 17.2 Å². The van der Waals surface area contributed by atoms with E-state index in [0.29, 0.717) is 11.3 Å². The number of nitrogens with one attached hydrogen (secondary N) is 1. The largest absolute Gasteiger partial charge is 0.480 e. The van der Waals surface area contributed by atoms with Gasteiger partial charge in [0.05, 0.1) is 11.3 Å². The summed E-state index contributed by atoms with van der Waals surface area (Å²) >= 11 is 1.48. The molecule has 0 amide bonds. The summed E-state index contributed by atoms with van der Waals surface area (Å²) in [5.41, 5.74) is 1.14. The minimum atomic E-state index is -0.851. The van der Waals surface area contributed by atoms with Crippen LogP contribution in [0.3, 0.4) is 0 Å². The minimum absolute atomic E-state index is 0.187. The normalized spacial score (nSPS) is 15.8. The van der Waals surface area contributed by atoms with Crippen molar-refractivity contribution in [3.8, 4) is 6.07 Å². The second-order valence-electron chi connectivity index (χ2n) is 4.29. The van der Waals surface area contributed by atoms with E-state index in [0.717, 1.165) is 17.7 Å². The maximum Gasteiger partial charge on any atom is 0.326 e. The monoisotopic (exact) mass is 262 g/mol. The van der Waals surface area contributed by atoms with Gasteiger partial charge in [0.1, 0.15) is 12.1 Å². The predicted octanol–water partition coefficient (Wildman–Crippen LogP) is 2.56. The number of rotatable bonds is 5. The van der Waals surface area contributed by atoms with Crippen molar-refractivity contribution in [3.05, 3.63) is 23.8 Å². The maximum atomic E-state index is 11.2. The van der Waals surface area contributed by atoms with E-state index in [1.54, 1.807) is 6.07 Å². The van der Waals surface area contributed by atoms with Crippen molar-refractivity contribution < 1.29 is 9.90 Å². The summed E-state index contributed by atoms with van der Waals surface area (Å²) in [5, 5.41) is 21.4. The van der Waals surface area contributed by atoms with E-state index in [1.165, 1.54) is 11.8 Å². The van der Waals surface area contributed by atoms with E-state index < -0.39 is 12.0 Å². The molecule has 0 saturated heterocycles. The summed E-state index contributed by atoms with van der Waals surface area (Å²) in [4.78, 5) is 12.1. The van der Waals surface area contributed by atoms with E-state index in [2.05, 4.69) is 11.4 Å². The molecule has 1 atom stereocenters. The molecule has 5 heteroatoms. The highest BCUT2D eigenvalue weighted by atomic mass is 32.2. The number of nitrogens with zero attached hydrogens (tertiary/aromatic N) is 1. The topological polar surface area (TPSA) is 73.1 Å². The Kier molecular flexibility index (Phi) is 3.78. The summed E-state index contributed by atoms with van der Waals surface area (Å²) in [6, 6.07) is 7.01. The molecule has 1 saturated carbocycles. The number of nitriles is 1. The Morgan fingerprint density at radius 1 is 1.61 bits per heavy atom. The summed E-state index contributed by atoms with van der Waals surface area (Å²) < 4.78 is 0. The lowest BCUT2D eigenvalue weighted by Gasteiger charge is -2.17. The van der Waals surface area contributed by atoms with Crippen molar-refractivity contribution in [2.24, 2.45) is 5.92 Å². The van der Waals surface area contributed by atoms with Crippen molar-refractivity contribution in [3.63, 3.8) is 0 Å². The van der Waals surface area contributed by atoms with Crippen LogP contribution in [-0.4, -0.2) is 23.4 Å². The molecule has 1 unspecified atom stereocenters. The third kappa shape index (κ3) is 2.59. The number of hydrogen-bond acceptors (Lipinski definition) is 4. The SMILES string of the molecule is CSc1cccc(NC(C(=O)O)C2CC2)c1C#N. The first-order chi connectivity index (χ1) is 8.67. The van der Waals surface area contributed by atoms with E-state index >= 15 is 0 Å². The number of benzene rings is 1. The number of thioether (sulfide) groups is 1. The average molecular weight is 262 g/mol. The molecule has 1 aromatic carbocycles. The number of carbonyl (C=O) groups is 1. The van der Waals surface area contributed by atoms with Crippen LogP contribution < -0.4 is 5.32 Å². The molecule has 0 aliphatic heterocycles. The summed E-state index contributed by atoms with van der Waals surface area (Å²) in [6.07, 6.45) is 3.78. The van der Waals surface area contributed by atoms with Gasteiger partial charge in [-0.05, 0) is 37.1 Å². The summed E-state index contributed by atoms with van der Waals surface area (Å²) in [6.45, 7) is 0. The van der Waals surface area contributed by atoms with Crippen molar-refractivity contribution >= 4 is 23.4 Å². The molecule has 0 bridgehead atoms. The molecule has 0 spiro atoms. The van der Waals surface area contributed by atoms with Crippen LogP contribution in [0.5, 0.6) is 0 Å². The van der Waals surface area contributed by atoms with Gasteiger partial charge < -0.3 is 10.4 Å². The molecule has 0 aromatic heterocycles. The number of aliphatic carboxylic acids is 1. The Balaban J connectivity index is 2.28. The maximum absolute atomic E-state index is 11.2. The highest BCUT2D eigenvalue weighted by Crippen LogP contribution is 2.35. The van der Waals surface area contributed by atoms with Gasteiger partial charge in [-0.3, -0.25) is 0 Å². The molecule has 1 aliphatic carbocycles. The molecule has 1 aromatic rings. The molecule has 1 aliphatic rings. The van der Waals surface area contributed by atoms with Crippen LogP contribution in [0.2, 0.25) is 0 Å². The number of carboxylic acid groups (broad SMARTS) is 1. The summed E-state index contributed by atoms with van der Waals surface area (Å²) in [5.74, 6) is -0.664. The minimum Gasteiger partial charge on any atom is -0.480 e. The fraction of sp³-hybridized carbons (Fsp3) is 0.385. The van der Waals surface area contributed by atoms with Crippen molar-refractivity contribution in [1.82, 2.24) is 0 Å². The highest BCUT2D eigenvalue weighted by Gasteiger charge is 2.36. The molecule has 94 valence electrons. The Morgan fingerprint density at radius 2 is 2.33 bits per heavy atom. The zero-order chi connectivity index (χ0) is 13.1. The lowest BCUT2D eigenvalue weighted by Crippen LogP contribution is -2.31. The first kappa shape index (κ1) is 12.8. The molecule has 0 heterocycles. The van der Waals surface area contributed by atoms with E-state index in [4.69, 9.17) is 0 Å². The van der Waals surface area contributed by atoms with Crippen LogP contribution in [0.25, 0.3) is 0 Å². The molecule has 2 N–H and O–H groups in total. The van der Waals surface area contributed by atoms with Gasteiger partial charge in [-0.25, -0.2) is 4.79 Å². The van der Waals surface area contributed by atoms with Gasteiger partial charge >= 0.3 is 5.97 Å². The van der Waals surface area contributed by atoms with E-state index in [1.807, 2.05) is 18.4 Å². The zero-order valence-electron chi connectivity index (χ0n) is 10.0. The van der Waals surface area contributed by atoms with Gasteiger partial charge in [-0.15, -0.1) is 11.8 Å². The van der Waals surface area contributed by atoms with Crippen LogP contribution >= 0.6 is 11.8 Å². The Hall–Kier alpha value is -1.67. The van der Waals surface area contributed by atoms with Crippen LogP contribution in [0.4, 0.5) is 5.69 Å². The number of anilines is 1. The Labute approximate surface area is 110 Å². The first-order valence-corrected chi connectivity index (χ1v) is 6.96. The van der Waals surface area contributed by atoms with Crippen LogP contribution in [0.15, 0.2) is 23.1 Å². The van der Waals surface area contributed by atoms with Crippen LogP contribution in [0.1, 0.15) is 18.4 Å². The second-order valence-corrected chi connectivity index (χ2v) is 5.14. The van der Waals surface area contributed by atoms with Crippen molar-refractivity contribution in [1.29, 1.82) is 5.26 Å². The first-order valence-electron chi connectivity index (χ1n) is 5.73. The third-order valence-corrected chi connectivity index (χ3v) is 3.81. The molecule has 18 heavy (non-hydrogen) atoms. The van der Waals surface area contributed by atoms with Gasteiger partial charge in [0.25, 0.3) is 0 Å². The van der Waals surface area contributed by atoms with E-state index in [-0.39, 0.29) is 5.92 Å². The average Bonchev–Trinajstić information content (AvgIpc) is 3.19. The zero-order valence-corrected chi connectivity index (χ0v) is 10.8. The second kappa shape index (κ2) is 5.32. The van der Waals surface area contributed by atoms with Crippen LogP contribution in [-0.2, 0) is 4.79 Å². The van der Waals surface area contributed by atoms with Gasteiger partial charge in [-0.2, -0.15) is 5.26 Å². The fourth-order valence-corrected chi connectivity index (χ4v) is 2.49. The van der Waals surface area contributed by atoms with E-state index in [9.17, 15) is 15.2 Å². The van der Waals surface area contributed by atoms with Gasteiger partial charge in [0.15, 0.2) is 0 Å². The number of hydrogen-bond donors (Lipinski definition) is 2. The third-order valence-electron chi connectivity index (χ3n) is 3.03. The molecule has 1 fully saturated rings. The predicted molar refractivity (Wildman–Crippen MR) is 70.7 cm³/mol. The number of carboxylic acids is 1. The van der Waals surface area contributed by atoms with Crippen molar-refractivity contribution in [2.45, 2.75) is 23.8 Å². The van der Waals surface area contributed by atoms with Gasteiger partial charge in [0, 0.05) is 4.90 Å².